The average Bonchev–Trinajstić information content (AvgIpc) is 3.19. The van der Waals surface area contributed by atoms with E-state index < -0.39 is 0 Å². The molecule has 5 heteroatoms. The Balaban J connectivity index is 1.91. The van der Waals surface area contributed by atoms with Gasteiger partial charge in [-0.15, -0.1) is 11.3 Å². The van der Waals surface area contributed by atoms with E-state index in [2.05, 4.69) is 53.8 Å². The summed E-state index contributed by atoms with van der Waals surface area (Å²) in [6, 6.07) is 12.4. The van der Waals surface area contributed by atoms with Crippen LogP contribution in [0.1, 0.15) is 11.1 Å². The molecule has 4 rings (SSSR count). The number of nitrogens with one attached hydrogen (secondary N) is 1. The zero-order chi connectivity index (χ0) is 15.8. The zero-order valence-corrected chi connectivity index (χ0v) is 13.8. The predicted octanol–water partition coefficient (Wildman–Crippen LogP) is 4.82. The average molecular weight is 320 g/mol. The van der Waals surface area contributed by atoms with Crippen molar-refractivity contribution < 1.29 is 0 Å². The highest BCUT2D eigenvalue weighted by Gasteiger charge is 2.16. The SMILES string of the molecule is Cc1ccc(C)c(Nc2c(-c3cccs3)nc3ncccn23)c1. The Bertz CT molecular complexity index is 970. The zero-order valence-electron chi connectivity index (χ0n) is 12.9. The van der Waals surface area contributed by atoms with E-state index in [0.717, 1.165) is 22.1 Å². The molecule has 0 aliphatic carbocycles. The Labute approximate surface area is 138 Å². The molecule has 0 spiro atoms. The fraction of sp³-hybridized carbons (Fsp3) is 0.111. The first kappa shape index (κ1) is 14.0. The van der Waals surface area contributed by atoms with Gasteiger partial charge in [-0.3, -0.25) is 4.40 Å². The number of aryl methyl sites for hydroxylation is 2. The molecule has 0 unspecified atom stereocenters. The van der Waals surface area contributed by atoms with Crippen LogP contribution in [0.4, 0.5) is 11.5 Å². The monoisotopic (exact) mass is 320 g/mol. The van der Waals surface area contributed by atoms with Crippen LogP contribution in [0.25, 0.3) is 16.3 Å². The van der Waals surface area contributed by atoms with Crippen LogP contribution in [0, 0.1) is 13.8 Å². The van der Waals surface area contributed by atoms with E-state index in [1.807, 2.05) is 22.7 Å². The molecule has 0 fully saturated rings. The molecule has 0 aliphatic heterocycles. The van der Waals surface area contributed by atoms with Crippen molar-refractivity contribution in [2.45, 2.75) is 13.8 Å². The number of fused-ring (bicyclic) bond motifs is 1. The van der Waals surface area contributed by atoms with Crippen LogP contribution in [-0.4, -0.2) is 14.4 Å². The Kier molecular flexibility index (Phi) is 3.35. The van der Waals surface area contributed by atoms with Gasteiger partial charge in [-0.25, -0.2) is 9.97 Å². The van der Waals surface area contributed by atoms with Crippen molar-refractivity contribution in [3.63, 3.8) is 0 Å². The quantitative estimate of drug-likeness (QED) is 0.588. The first-order valence-corrected chi connectivity index (χ1v) is 8.31. The summed E-state index contributed by atoms with van der Waals surface area (Å²) < 4.78 is 2.00. The van der Waals surface area contributed by atoms with Crippen molar-refractivity contribution >= 4 is 28.6 Å². The van der Waals surface area contributed by atoms with Gasteiger partial charge in [0.05, 0.1) is 4.88 Å². The second-order valence-electron chi connectivity index (χ2n) is 5.52. The maximum Gasteiger partial charge on any atom is 0.236 e. The van der Waals surface area contributed by atoms with E-state index in [4.69, 9.17) is 4.98 Å². The van der Waals surface area contributed by atoms with Crippen LogP contribution in [-0.2, 0) is 0 Å². The minimum absolute atomic E-state index is 0.698. The fourth-order valence-electron chi connectivity index (χ4n) is 2.59. The van der Waals surface area contributed by atoms with E-state index >= 15 is 0 Å². The molecule has 0 saturated carbocycles. The second-order valence-corrected chi connectivity index (χ2v) is 6.47. The normalized spacial score (nSPS) is 11.0. The van der Waals surface area contributed by atoms with E-state index in [-0.39, 0.29) is 0 Å². The first-order valence-electron chi connectivity index (χ1n) is 7.43. The van der Waals surface area contributed by atoms with Crippen LogP contribution in [0.2, 0.25) is 0 Å². The number of hydrogen-bond donors (Lipinski definition) is 1. The van der Waals surface area contributed by atoms with E-state index in [1.165, 1.54) is 11.1 Å². The number of thiophene rings is 1. The summed E-state index contributed by atoms with van der Waals surface area (Å²) in [5, 5.41) is 5.62. The van der Waals surface area contributed by atoms with E-state index in [0.29, 0.717) is 5.78 Å². The number of anilines is 2. The van der Waals surface area contributed by atoms with Crippen molar-refractivity contribution in [1.29, 1.82) is 0 Å². The molecule has 0 atom stereocenters. The Morgan fingerprint density at radius 1 is 1.13 bits per heavy atom. The minimum Gasteiger partial charge on any atom is -0.339 e. The lowest BCUT2D eigenvalue weighted by atomic mass is 10.1. The van der Waals surface area contributed by atoms with Gasteiger partial charge in [-0.05, 0) is 48.6 Å². The van der Waals surface area contributed by atoms with Gasteiger partial charge in [0, 0.05) is 18.1 Å². The van der Waals surface area contributed by atoms with Crippen LogP contribution in [0.3, 0.4) is 0 Å². The Hall–Kier alpha value is -2.66. The van der Waals surface area contributed by atoms with Gasteiger partial charge >= 0.3 is 0 Å². The number of benzene rings is 1. The predicted molar refractivity (Wildman–Crippen MR) is 95.5 cm³/mol. The molecule has 114 valence electrons. The highest BCUT2D eigenvalue weighted by molar-refractivity contribution is 7.13. The summed E-state index contributed by atoms with van der Waals surface area (Å²) in [6.07, 6.45) is 3.75. The molecule has 3 aromatic heterocycles. The van der Waals surface area contributed by atoms with Crippen LogP contribution < -0.4 is 5.32 Å². The van der Waals surface area contributed by atoms with Crippen molar-refractivity contribution in [2.75, 3.05) is 5.32 Å². The van der Waals surface area contributed by atoms with Gasteiger partial charge in [0.25, 0.3) is 0 Å². The lowest BCUT2D eigenvalue weighted by Crippen LogP contribution is -1.99. The molecule has 1 aromatic carbocycles. The molecule has 0 amide bonds. The van der Waals surface area contributed by atoms with Gasteiger partial charge in [-0.1, -0.05) is 18.2 Å². The summed E-state index contributed by atoms with van der Waals surface area (Å²) in [5.74, 6) is 1.65. The second kappa shape index (κ2) is 5.52. The number of nitrogens with zero attached hydrogens (tertiary/aromatic N) is 3. The smallest absolute Gasteiger partial charge is 0.236 e. The Morgan fingerprint density at radius 2 is 2.04 bits per heavy atom. The molecule has 0 bridgehead atoms. The molecular formula is C18H16N4S. The maximum absolute atomic E-state index is 4.70. The number of imidazole rings is 1. The summed E-state index contributed by atoms with van der Waals surface area (Å²) in [4.78, 5) is 10.2. The third-order valence-electron chi connectivity index (χ3n) is 3.80. The molecule has 0 saturated heterocycles. The molecule has 23 heavy (non-hydrogen) atoms. The third kappa shape index (κ3) is 2.49. The highest BCUT2D eigenvalue weighted by atomic mass is 32.1. The lowest BCUT2D eigenvalue weighted by molar-refractivity contribution is 1.11. The largest absolute Gasteiger partial charge is 0.339 e. The molecular weight excluding hydrogens is 304 g/mol. The molecule has 4 nitrogen and oxygen atoms in total. The molecule has 4 aromatic rings. The van der Waals surface area contributed by atoms with Crippen LogP contribution >= 0.6 is 11.3 Å². The van der Waals surface area contributed by atoms with Crippen LogP contribution in [0.15, 0.2) is 54.2 Å². The summed E-state index contributed by atoms with van der Waals surface area (Å²) in [6.45, 7) is 4.20. The topological polar surface area (TPSA) is 42.2 Å². The van der Waals surface area contributed by atoms with Gasteiger partial charge < -0.3 is 5.32 Å². The van der Waals surface area contributed by atoms with Crippen molar-refractivity contribution in [3.05, 3.63) is 65.3 Å². The fourth-order valence-corrected chi connectivity index (χ4v) is 3.30. The van der Waals surface area contributed by atoms with Gasteiger partial charge in [-0.2, -0.15) is 0 Å². The summed E-state index contributed by atoms with van der Waals surface area (Å²) >= 11 is 1.68. The third-order valence-corrected chi connectivity index (χ3v) is 4.68. The van der Waals surface area contributed by atoms with Crippen molar-refractivity contribution in [1.82, 2.24) is 14.4 Å². The molecule has 0 aliphatic rings. The summed E-state index contributed by atoms with van der Waals surface area (Å²) in [7, 11) is 0. The first-order chi connectivity index (χ1) is 11.2. The highest BCUT2D eigenvalue weighted by Crippen LogP contribution is 2.34. The molecule has 3 heterocycles. The maximum atomic E-state index is 4.70. The van der Waals surface area contributed by atoms with E-state index in [9.17, 15) is 0 Å². The van der Waals surface area contributed by atoms with Gasteiger partial charge in [0.1, 0.15) is 11.5 Å². The van der Waals surface area contributed by atoms with Crippen molar-refractivity contribution in [2.24, 2.45) is 0 Å². The van der Waals surface area contributed by atoms with Crippen LogP contribution in [0.5, 0.6) is 0 Å². The number of rotatable bonds is 3. The standard InChI is InChI=1S/C18H16N4S/c1-12-6-7-13(2)14(11-12)20-17-16(15-5-3-10-23-15)21-18-19-8-4-9-22(17)18/h3-11,20H,1-2H3. The van der Waals surface area contributed by atoms with Gasteiger partial charge in [0.15, 0.2) is 0 Å². The molecule has 0 radical (unpaired) electrons. The van der Waals surface area contributed by atoms with Gasteiger partial charge in [0.2, 0.25) is 5.78 Å². The lowest BCUT2D eigenvalue weighted by Gasteiger charge is -2.11. The Morgan fingerprint density at radius 3 is 2.87 bits per heavy atom. The minimum atomic E-state index is 0.698. The van der Waals surface area contributed by atoms with E-state index in [1.54, 1.807) is 17.5 Å². The summed E-state index contributed by atoms with van der Waals surface area (Å²) in [5.41, 5.74) is 4.45. The van der Waals surface area contributed by atoms with Crippen molar-refractivity contribution in [3.8, 4) is 10.6 Å². The number of hydrogen-bond acceptors (Lipinski definition) is 4. The number of aromatic nitrogens is 3. The molecule has 1 N–H and O–H groups in total.